The molecular formula is C17H21NO4. The third kappa shape index (κ3) is 1.69. The predicted octanol–water partition coefficient (Wildman–Crippen LogP) is 1.52. The quantitative estimate of drug-likeness (QED) is 0.676. The zero-order valence-corrected chi connectivity index (χ0v) is 12.9. The summed E-state index contributed by atoms with van der Waals surface area (Å²) in [5.41, 5.74) is -0.870. The number of likely N-dealkylation sites (tertiary alicyclic amines) is 1. The Bertz CT molecular complexity index is 598. The van der Waals surface area contributed by atoms with Crippen LogP contribution in [0.4, 0.5) is 0 Å². The number of rotatable bonds is 4. The maximum absolute atomic E-state index is 13.0. The zero-order chi connectivity index (χ0) is 16.0. The van der Waals surface area contributed by atoms with Crippen molar-refractivity contribution in [3.05, 3.63) is 35.9 Å². The molecule has 0 aromatic heterocycles. The van der Waals surface area contributed by atoms with Crippen molar-refractivity contribution in [1.29, 1.82) is 0 Å². The Hall–Kier alpha value is -1.88. The van der Waals surface area contributed by atoms with Gasteiger partial charge < -0.3 is 14.7 Å². The lowest BCUT2D eigenvalue weighted by atomic mass is 9.51. The molecule has 0 spiro atoms. The molecule has 3 atom stereocenters. The second kappa shape index (κ2) is 5.09. The van der Waals surface area contributed by atoms with Crippen molar-refractivity contribution in [3.63, 3.8) is 0 Å². The van der Waals surface area contributed by atoms with Gasteiger partial charge in [-0.05, 0) is 25.3 Å². The van der Waals surface area contributed by atoms with E-state index in [0.29, 0.717) is 19.4 Å². The largest absolute Gasteiger partial charge is 0.468 e. The molecule has 0 radical (unpaired) electrons. The Morgan fingerprint density at radius 3 is 2.55 bits per heavy atom. The van der Waals surface area contributed by atoms with Crippen LogP contribution in [0.3, 0.4) is 0 Å². The van der Waals surface area contributed by atoms with Crippen LogP contribution < -0.4 is 0 Å². The Morgan fingerprint density at radius 2 is 2.05 bits per heavy atom. The standard InChI is InChI=1S/C17H21NO4/c1-12(13-6-4-3-5-7-13)18-10-16(11-19)8-9-17(16,14(18)20)15(21)22-2/h3-7,12,19H,8-11H2,1-2H3/t12-,16-,17+/m1/s1. The van der Waals surface area contributed by atoms with E-state index in [9.17, 15) is 14.7 Å². The van der Waals surface area contributed by atoms with Crippen LogP contribution in [0.1, 0.15) is 31.4 Å². The smallest absolute Gasteiger partial charge is 0.322 e. The number of hydrogen-bond acceptors (Lipinski definition) is 4. The number of amides is 1. The van der Waals surface area contributed by atoms with E-state index >= 15 is 0 Å². The highest BCUT2D eigenvalue weighted by Gasteiger charge is 2.74. The lowest BCUT2D eigenvalue weighted by Crippen LogP contribution is -2.59. The van der Waals surface area contributed by atoms with Gasteiger partial charge in [0.1, 0.15) is 0 Å². The van der Waals surface area contributed by atoms with E-state index < -0.39 is 16.8 Å². The van der Waals surface area contributed by atoms with Crippen LogP contribution in [0.5, 0.6) is 0 Å². The van der Waals surface area contributed by atoms with Crippen molar-refractivity contribution in [1.82, 2.24) is 4.90 Å². The van der Waals surface area contributed by atoms with E-state index in [0.717, 1.165) is 5.56 Å². The van der Waals surface area contributed by atoms with Gasteiger partial charge in [-0.2, -0.15) is 0 Å². The minimum Gasteiger partial charge on any atom is -0.468 e. The van der Waals surface area contributed by atoms with Crippen LogP contribution in [-0.2, 0) is 14.3 Å². The molecule has 5 heteroatoms. The topological polar surface area (TPSA) is 66.8 Å². The minimum absolute atomic E-state index is 0.135. The molecule has 118 valence electrons. The van der Waals surface area contributed by atoms with Crippen LogP contribution in [-0.4, -0.2) is 42.1 Å². The second-order valence-corrected chi connectivity index (χ2v) is 6.36. The fourth-order valence-corrected chi connectivity index (χ4v) is 3.99. The van der Waals surface area contributed by atoms with E-state index in [2.05, 4.69) is 0 Å². The van der Waals surface area contributed by atoms with Gasteiger partial charge in [0.2, 0.25) is 5.91 Å². The molecular weight excluding hydrogens is 282 g/mol. The van der Waals surface area contributed by atoms with E-state index in [1.54, 1.807) is 4.90 Å². The average Bonchev–Trinajstić information content (AvgIpc) is 2.71. The van der Waals surface area contributed by atoms with Crippen LogP contribution in [0.25, 0.3) is 0 Å². The summed E-state index contributed by atoms with van der Waals surface area (Å²) in [7, 11) is 1.30. The normalized spacial score (nSPS) is 31.4. The SMILES string of the molecule is COC(=O)[C@@]12CC[C@]1(CO)CN([C@H](C)c1ccccc1)C2=O. The highest BCUT2D eigenvalue weighted by Crippen LogP contribution is 2.63. The van der Waals surface area contributed by atoms with Gasteiger partial charge in [-0.25, -0.2) is 0 Å². The summed E-state index contributed by atoms with van der Waals surface area (Å²) < 4.78 is 4.89. The molecule has 2 aliphatic rings. The maximum atomic E-state index is 13.0. The lowest BCUT2D eigenvalue weighted by molar-refractivity contribution is -0.180. The molecule has 0 unspecified atom stereocenters. The first-order valence-electron chi connectivity index (χ1n) is 7.58. The van der Waals surface area contributed by atoms with Gasteiger partial charge in [0.15, 0.2) is 5.41 Å². The molecule has 0 bridgehead atoms. The molecule has 1 heterocycles. The molecule has 1 aliphatic carbocycles. The molecule has 3 rings (SSSR count). The number of carbonyl (C=O) groups is 2. The minimum atomic E-state index is -1.19. The van der Waals surface area contributed by atoms with Gasteiger partial charge in [0, 0.05) is 12.0 Å². The molecule has 1 amide bonds. The Morgan fingerprint density at radius 1 is 1.36 bits per heavy atom. The van der Waals surface area contributed by atoms with E-state index in [4.69, 9.17) is 4.74 Å². The molecule has 5 nitrogen and oxygen atoms in total. The Balaban J connectivity index is 1.97. The van der Waals surface area contributed by atoms with E-state index in [1.807, 2.05) is 37.3 Å². The first kappa shape index (κ1) is 15.0. The first-order valence-corrected chi connectivity index (χ1v) is 7.58. The summed E-state index contributed by atoms with van der Waals surface area (Å²) in [6.45, 7) is 2.17. The van der Waals surface area contributed by atoms with Crippen molar-refractivity contribution in [2.24, 2.45) is 10.8 Å². The van der Waals surface area contributed by atoms with Gasteiger partial charge >= 0.3 is 5.97 Å². The monoisotopic (exact) mass is 303 g/mol. The molecule has 22 heavy (non-hydrogen) atoms. The summed E-state index contributed by atoms with van der Waals surface area (Å²) in [5.74, 6) is -0.725. The molecule has 1 saturated carbocycles. The van der Waals surface area contributed by atoms with E-state index in [-0.39, 0.29) is 18.6 Å². The first-order chi connectivity index (χ1) is 10.5. The van der Waals surface area contributed by atoms with Crippen LogP contribution in [0.15, 0.2) is 30.3 Å². The molecule has 2 fully saturated rings. The van der Waals surface area contributed by atoms with Crippen molar-refractivity contribution in [3.8, 4) is 0 Å². The molecule has 1 aromatic rings. The predicted molar refractivity (Wildman–Crippen MR) is 79.8 cm³/mol. The summed E-state index contributed by atoms with van der Waals surface area (Å²) in [5, 5.41) is 9.86. The van der Waals surface area contributed by atoms with Gasteiger partial charge in [-0.15, -0.1) is 0 Å². The summed E-state index contributed by atoms with van der Waals surface area (Å²) in [6, 6.07) is 9.59. The fourth-order valence-electron chi connectivity index (χ4n) is 3.99. The average molecular weight is 303 g/mol. The number of benzene rings is 1. The van der Waals surface area contributed by atoms with E-state index in [1.165, 1.54) is 7.11 Å². The highest BCUT2D eigenvalue weighted by molar-refractivity contribution is 6.07. The number of carbonyl (C=O) groups excluding carboxylic acids is 2. The number of hydrogen-bond donors (Lipinski definition) is 1. The Labute approximate surface area is 129 Å². The van der Waals surface area contributed by atoms with Crippen molar-refractivity contribution in [2.45, 2.75) is 25.8 Å². The van der Waals surface area contributed by atoms with Crippen LogP contribution in [0.2, 0.25) is 0 Å². The number of esters is 1. The third-order valence-electron chi connectivity index (χ3n) is 5.57. The van der Waals surface area contributed by atoms with Crippen LogP contribution in [0, 0.1) is 10.8 Å². The van der Waals surface area contributed by atoms with Crippen molar-refractivity contribution in [2.75, 3.05) is 20.3 Å². The number of aliphatic hydroxyl groups is 1. The number of aliphatic hydroxyl groups excluding tert-OH is 1. The summed E-state index contributed by atoms with van der Waals surface area (Å²) in [6.07, 6.45) is 1.12. The fraction of sp³-hybridized carbons (Fsp3) is 0.529. The van der Waals surface area contributed by atoms with Crippen molar-refractivity contribution < 1.29 is 19.4 Å². The van der Waals surface area contributed by atoms with Gasteiger partial charge in [-0.1, -0.05) is 30.3 Å². The van der Waals surface area contributed by atoms with Gasteiger partial charge in [0.25, 0.3) is 0 Å². The molecule has 1 N–H and O–H groups in total. The van der Waals surface area contributed by atoms with Crippen LogP contribution >= 0.6 is 0 Å². The summed E-state index contributed by atoms with van der Waals surface area (Å²) in [4.78, 5) is 27.0. The lowest BCUT2D eigenvalue weighted by Gasteiger charge is -2.49. The number of fused-ring (bicyclic) bond motifs is 1. The maximum Gasteiger partial charge on any atom is 0.322 e. The summed E-state index contributed by atoms with van der Waals surface area (Å²) >= 11 is 0. The highest BCUT2D eigenvalue weighted by atomic mass is 16.5. The van der Waals surface area contributed by atoms with Gasteiger partial charge in [-0.3, -0.25) is 9.59 Å². The van der Waals surface area contributed by atoms with Gasteiger partial charge in [0.05, 0.1) is 19.8 Å². The van der Waals surface area contributed by atoms with Crippen molar-refractivity contribution >= 4 is 11.9 Å². The zero-order valence-electron chi connectivity index (χ0n) is 12.9. The third-order valence-corrected chi connectivity index (χ3v) is 5.57. The molecule has 1 aromatic carbocycles. The number of nitrogens with zero attached hydrogens (tertiary/aromatic N) is 1. The Kier molecular flexibility index (Phi) is 3.48. The second-order valence-electron chi connectivity index (χ2n) is 6.36. The molecule has 1 aliphatic heterocycles. The number of ether oxygens (including phenoxy) is 1. The molecule has 1 saturated heterocycles. The number of methoxy groups -OCH3 is 1.